The fourth-order valence-electron chi connectivity index (χ4n) is 1.10. The Morgan fingerprint density at radius 1 is 1.36 bits per heavy atom. The SMILES string of the molecule is C=C(CBr)c1ccccc1C(=O)N=O. The molecule has 0 aromatic heterocycles. The highest BCUT2D eigenvalue weighted by Crippen LogP contribution is 2.20. The summed E-state index contributed by atoms with van der Waals surface area (Å²) in [6.45, 7) is 3.78. The first-order valence-electron chi connectivity index (χ1n) is 3.91. The van der Waals surface area contributed by atoms with Gasteiger partial charge in [0.15, 0.2) is 0 Å². The number of hydrogen-bond donors (Lipinski definition) is 0. The largest absolute Gasteiger partial charge is 0.317 e. The lowest BCUT2D eigenvalue weighted by molar-refractivity contribution is 0.100. The van der Waals surface area contributed by atoms with Crippen molar-refractivity contribution >= 4 is 27.4 Å². The van der Waals surface area contributed by atoms with E-state index in [0.29, 0.717) is 16.5 Å². The highest BCUT2D eigenvalue weighted by Gasteiger charge is 2.12. The van der Waals surface area contributed by atoms with Crippen molar-refractivity contribution in [2.75, 3.05) is 5.33 Å². The van der Waals surface area contributed by atoms with Crippen molar-refractivity contribution in [3.8, 4) is 0 Å². The van der Waals surface area contributed by atoms with Crippen molar-refractivity contribution in [3.63, 3.8) is 0 Å². The van der Waals surface area contributed by atoms with Crippen LogP contribution in [0.4, 0.5) is 0 Å². The van der Waals surface area contributed by atoms with Gasteiger partial charge in [-0.25, -0.2) is 0 Å². The molecule has 3 nitrogen and oxygen atoms in total. The number of carbonyl (C=O) groups excluding carboxylic acids is 1. The van der Waals surface area contributed by atoms with Crippen LogP contribution in [0.3, 0.4) is 0 Å². The molecule has 4 heteroatoms. The monoisotopic (exact) mass is 253 g/mol. The zero-order valence-electron chi connectivity index (χ0n) is 7.37. The molecule has 1 aromatic rings. The molecule has 0 fully saturated rings. The molecular weight excluding hydrogens is 246 g/mol. The van der Waals surface area contributed by atoms with Crippen LogP contribution in [0.15, 0.2) is 36.0 Å². The van der Waals surface area contributed by atoms with Gasteiger partial charge in [0.1, 0.15) is 0 Å². The normalized spacial score (nSPS) is 9.50. The number of carbonyl (C=O) groups is 1. The van der Waals surface area contributed by atoms with Gasteiger partial charge in [-0.05, 0) is 17.2 Å². The number of allylic oxidation sites excluding steroid dienone is 1. The van der Waals surface area contributed by atoms with Crippen LogP contribution in [0.2, 0.25) is 0 Å². The molecule has 0 spiro atoms. The third kappa shape index (κ3) is 2.14. The topological polar surface area (TPSA) is 46.5 Å². The van der Waals surface area contributed by atoms with Crippen molar-refractivity contribution in [2.45, 2.75) is 0 Å². The standard InChI is InChI=1S/C10H8BrNO2/c1-7(6-11)8-4-2-3-5-9(8)10(13)12-14/h2-5H,1,6H2. The minimum atomic E-state index is -0.761. The maximum Gasteiger partial charge on any atom is 0.317 e. The molecule has 0 saturated heterocycles. The lowest BCUT2D eigenvalue weighted by Gasteiger charge is -2.05. The Labute approximate surface area is 89.9 Å². The maximum absolute atomic E-state index is 11.1. The minimum Gasteiger partial charge on any atom is -0.263 e. The maximum atomic E-state index is 11.1. The molecule has 72 valence electrons. The first kappa shape index (κ1) is 10.8. The summed E-state index contributed by atoms with van der Waals surface area (Å²) < 4.78 is 0. The number of amides is 1. The summed E-state index contributed by atoms with van der Waals surface area (Å²) in [5.74, 6) is -0.761. The molecule has 0 aliphatic heterocycles. The molecule has 0 unspecified atom stereocenters. The summed E-state index contributed by atoms with van der Waals surface area (Å²) in [6.07, 6.45) is 0. The van der Waals surface area contributed by atoms with Gasteiger partial charge in [0, 0.05) is 10.5 Å². The molecule has 0 radical (unpaired) electrons. The Bertz CT molecular complexity index is 387. The number of alkyl halides is 1. The van der Waals surface area contributed by atoms with Crippen LogP contribution in [-0.2, 0) is 0 Å². The van der Waals surface area contributed by atoms with E-state index in [-0.39, 0.29) is 0 Å². The van der Waals surface area contributed by atoms with Crippen molar-refractivity contribution < 1.29 is 4.79 Å². The van der Waals surface area contributed by atoms with Crippen molar-refractivity contribution in [3.05, 3.63) is 46.9 Å². The van der Waals surface area contributed by atoms with Gasteiger partial charge in [-0.3, -0.25) is 4.79 Å². The van der Waals surface area contributed by atoms with Gasteiger partial charge >= 0.3 is 5.91 Å². The average molecular weight is 254 g/mol. The summed E-state index contributed by atoms with van der Waals surface area (Å²) in [5, 5.41) is 2.94. The first-order valence-corrected chi connectivity index (χ1v) is 5.03. The lowest BCUT2D eigenvalue weighted by atomic mass is 10.0. The number of rotatable bonds is 3. The molecule has 0 N–H and O–H groups in total. The average Bonchev–Trinajstić information content (AvgIpc) is 2.27. The first-order chi connectivity index (χ1) is 6.70. The highest BCUT2D eigenvalue weighted by atomic mass is 79.9. The molecule has 0 atom stereocenters. The van der Waals surface area contributed by atoms with Crippen molar-refractivity contribution in [1.29, 1.82) is 0 Å². The fraction of sp³-hybridized carbons (Fsp3) is 0.100. The van der Waals surface area contributed by atoms with E-state index in [0.717, 1.165) is 5.57 Å². The van der Waals surface area contributed by atoms with E-state index in [1.165, 1.54) is 0 Å². The Kier molecular flexibility index (Phi) is 3.71. The second kappa shape index (κ2) is 4.81. The van der Waals surface area contributed by atoms with E-state index in [9.17, 15) is 9.70 Å². The van der Waals surface area contributed by atoms with Gasteiger partial charge in [-0.2, -0.15) is 0 Å². The molecule has 0 bridgehead atoms. The number of nitrogens with zero attached hydrogens (tertiary/aromatic N) is 1. The van der Waals surface area contributed by atoms with Gasteiger partial charge in [0.05, 0.1) is 5.56 Å². The van der Waals surface area contributed by atoms with E-state index < -0.39 is 5.91 Å². The third-order valence-corrected chi connectivity index (χ3v) is 2.46. The smallest absolute Gasteiger partial charge is 0.263 e. The zero-order chi connectivity index (χ0) is 10.6. The van der Waals surface area contributed by atoms with Gasteiger partial charge in [0.25, 0.3) is 0 Å². The quantitative estimate of drug-likeness (QED) is 0.614. The van der Waals surface area contributed by atoms with Crippen molar-refractivity contribution in [1.82, 2.24) is 0 Å². The summed E-state index contributed by atoms with van der Waals surface area (Å²) in [4.78, 5) is 21.2. The summed E-state index contributed by atoms with van der Waals surface area (Å²) >= 11 is 3.24. The van der Waals surface area contributed by atoms with Crippen LogP contribution in [-0.4, -0.2) is 11.2 Å². The molecule has 1 rings (SSSR count). The Balaban J connectivity index is 3.22. The van der Waals surface area contributed by atoms with E-state index in [1.807, 2.05) is 0 Å². The summed E-state index contributed by atoms with van der Waals surface area (Å²) in [6, 6.07) is 6.77. The van der Waals surface area contributed by atoms with Crippen molar-refractivity contribution in [2.24, 2.45) is 5.18 Å². The number of hydrogen-bond acceptors (Lipinski definition) is 2. The molecule has 0 aliphatic carbocycles. The van der Waals surface area contributed by atoms with Gasteiger partial charge < -0.3 is 0 Å². The minimum absolute atomic E-state index is 0.298. The Morgan fingerprint density at radius 3 is 2.43 bits per heavy atom. The van der Waals surface area contributed by atoms with Gasteiger partial charge in [-0.15, -0.1) is 4.91 Å². The molecule has 14 heavy (non-hydrogen) atoms. The van der Waals surface area contributed by atoms with Gasteiger partial charge in [0.2, 0.25) is 0 Å². The summed E-state index contributed by atoms with van der Waals surface area (Å²) in [5.41, 5.74) is 1.71. The third-order valence-electron chi connectivity index (χ3n) is 1.78. The number of halogens is 1. The number of benzene rings is 1. The lowest BCUT2D eigenvalue weighted by Crippen LogP contribution is -1.99. The molecule has 0 aliphatic rings. The molecule has 1 aromatic carbocycles. The molecular formula is C10H8BrNO2. The second-order valence-corrected chi connectivity index (χ2v) is 3.24. The van der Waals surface area contributed by atoms with Crippen LogP contribution in [0.25, 0.3) is 5.57 Å². The van der Waals surface area contributed by atoms with E-state index >= 15 is 0 Å². The summed E-state index contributed by atoms with van der Waals surface area (Å²) in [7, 11) is 0. The van der Waals surface area contributed by atoms with Crippen LogP contribution in [0.1, 0.15) is 15.9 Å². The Morgan fingerprint density at radius 2 is 1.93 bits per heavy atom. The van der Waals surface area contributed by atoms with E-state index in [2.05, 4.69) is 27.7 Å². The molecule has 0 heterocycles. The van der Waals surface area contributed by atoms with Crippen LogP contribution >= 0.6 is 15.9 Å². The molecule has 1 amide bonds. The van der Waals surface area contributed by atoms with Crippen LogP contribution in [0.5, 0.6) is 0 Å². The van der Waals surface area contributed by atoms with Crippen LogP contribution in [0, 0.1) is 4.91 Å². The van der Waals surface area contributed by atoms with Crippen LogP contribution < -0.4 is 0 Å². The fourth-order valence-corrected chi connectivity index (χ4v) is 1.40. The van der Waals surface area contributed by atoms with E-state index in [1.54, 1.807) is 24.3 Å². The van der Waals surface area contributed by atoms with E-state index in [4.69, 9.17) is 0 Å². The van der Waals surface area contributed by atoms with Gasteiger partial charge in [-0.1, -0.05) is 40.7 Å². The number of nitroso groups, excluding NO2 is 1. The predicted molar refractivity (Wildman–Crippen MR) is 59.4 cm³/mol. The predicted octanol–water partition coefficient (Wildman–Crippen LogP) is 3.00. The second-order valence-electron chi connectivity index (χ2n) is 2.68. The molecule has 0 saturated carbocycles. The Hall–Kier alpha value is -1.29. The highest BCUT2D eigenvalue weighted by molar-refractivity contribution is 9.09. The zero-order valence-corrected chi connectivity index (χ0v) is 8.95.